The molecule has 0 spiro atoms. The Morgan fingerprint density at radius 1 is 1.12 bits per heavy atom. The van der Waals surface area contributed by atoms with Crippen LogP contribution >= 0.6 is 0 Å². The van der Waals surface area contributed by atoms with Gasteiger partial charge < -0.3 is 14.5 Å². The number of amides is 2. The Labute approximate surface area is 201 Å². The Balaban J connectivity index is 0.00000385. The van der Waals surface area contributed by atoms with Gasteiger partial charge in [-0.3, -0.25) is 9.59 Å². The molecule has 1 atom stereocenters. The predicted octanol–water partition coefficient (Wildman–Crippen LogP) is 6.23. The zero-order valence-corrected chi connectivity index (χ0v) is 20.5. The van der Waals surface area contributed by atoms with Gasteiger partial charge in [-0.2, -0.15) is 0 Å². The van der Waals surface area contributed by atoms with E-state index in [1.807, 2.05) is 45.0 Å². The van der Waals surface area contributed by atoms with Crippen molar-refractivity contribution in [3.63, 3.8) is 0 Å². The van der Waals surface area contributed by atoms with E-state index < -0.39 is 0 Å². The summed E-state index contributed by atoms with van der Waals surface area (Å²) in [4.78, 5) is 28.7. The van der Waals surface area contributed by atoms with Crippen molar-refractivity contribution >= 4 is 17.5 Å². The van der Waals surface area contributed by atoms with Crippen LogP contribution in [0.5, 0.6) is 5.75 Å². The number of allylic oxidation sites excluding steroid dienone is 2. The van der Waals surface area contributed by atoms with E-state index in [0.717, 1.165) is 37.1 Å². The first-order chi connectivity index (χ1) is 15.1. The van der Waals surface area contributed by atoms with Crippen LogP contribution in [0.1, 0.15) is 80.6 Å². The van der Waals surface area contributed by atoms with E-state index >= 15 is 0 Å². The minimum absolute atomic E-state index is 0. The van der Waals surface area contributed by atoms with E-state index in [2.05, 4.69) is 19.9 Å². The molecule has 0 saturated carbocycles. The van der Waals surface area contributed by atoms with Crippen molar-refractivity contribution in [2.75, 3.05) is 24.5 Å². The highest BCUT2D eigenvalue weighted by Crippen LogP contribution is 2.28. The lowest BCUT2D eigenvalue weighted by Gasteiger charge is -2.35. The number of hydrogen-bond donors (Lipinski definition) is 0. The first kappa shape index (κ1) is 26.9. The lowest BCUT2D eigenvalue weighted by molar-refractivity contribution is -0.138. The van der Waals surface area contributed by atoms with Gasteiger partial charge in [0.1, 0.15) is 12.3 Å². The Morgan fingerprint density at radius 3 is 2.42 bits per heavy atom. The molecule has 33 heavy (non-hydrogen) atoms. The largest absolute Gasteiger partial charge is 0.490 e. The molecule has 0 radical (unpaired) electrons. The van der Waals surface area contributed by atoms with Gasteiger partial charge in [-0.05, 0) is 67.7 Å². The zero-order valence-electron chi connectivity index (χ0n) is 20.5. The average molecular weight is 457 g/mol. The Hall–Kier alpha value is -2.30. The van der Waals surface area contributed by atoms with E-state index in [4.69, 9.17) is 4.74 Å². The molecule has 2 amide bonds. The SMILES string of the molecule is C.CC(C)CC1=CCCC(Oc2ccc(N3CCN(C(=O)CC(C)(C)C)CC3=O)cc2)CC1. The maximum Gasteiger partial charge on any atom is 0.246 e. The molecule has 1 aliphatic carbocycles. The third-order valence-electron chi connectivity index (χ3n) is 6.09. The maximum atomic E-state index is 12.7. The first-order valence-corrected chi connectivity index (χ1v) is 12.1. The fourth-order valence-electron chi connectivity index (χ4n) is 4.52. The summed E-state index contributed by atoms with van der Waals surface area (Å²) >= 11 is 0. The summed E-state index contributed by atoms with van der Waals surface area (Å²) in [5.74, 6) is 1.59. The summed E-state index contributed by atoms with van der Waals surface area (Å²) < 4.78 is 6.26. The van der Waals surface area contributed by atoms with Gasteiger partial charge in [-0.25, -0.2) is 0 Å². The van der Waals surface area contributed by atoms with Crippen molar-refractivity contribution in [1.82, 2.24) is 4.90 Å². The molecule has 1 aromatic carbocycles. The summed E-state index contributed by atoms with van der Waals surface area (Å²) in [6.07, 6.45) is 8.60. The highest BCUT2D eigenvalue weighted by atomic mass is 16.5. The molecule has 0 aromatic heterocycles. The minimum atomic E-state index is -0.0729. The van der Waals surface area contributed by atoms with E-state index in [0.29, 0.717) is 25.4 Å². The molecular formula is C28H44N2O3. The molecule has 3 rings (SSSR count). The second kappa shape index (κ2) is 11.7. The van der Waals surface area contributed by atoms with Crippen LogP contribution < -0.4 is 9.64 Å². The molecule has 1 saturated heterocycles. The van der Waals surface area contributed by atoms with Gasteiger partial charge in [0.25, 0.3) is 0 Å². The average Bonchev–Trinajstić information content (AvgIpc) is 2.92. The summed E-state index contributed by atoms with van der Waals surface area (Å²) in [5.41, 5.74) is 2.36. The second-order valence-corrected chi connectivity index (χ2v) is 10.9. The second-order valence-electron chi connectivity index (χ2n) is 10.9. The van der Waals surface area contributed by atoms with Crippen molar-refractivity contribution in [1.29, 1.82) is 0 Å². The number of rotatable bonds is 6. The molecule has 1 aromatic rings. The van der Waals surface area contributed by atoms with Crippen LogP contribution in [0.25, 0.3) is 0 Å². The lowest BCUT2D eigenvalue weighted by atomic mass is 9.91. The third-order valence-corrected chi connectivity index (χ3v) is 6.09. The fraction of sp³-hybridized carbons (Fsp3) is 0.643. The molecule has 0 bridgehead atoms. The highest BCUT2D eigenvalue weighted by Gasteiger charge is 2.30. The van der Waals surface area contributed by atoms with Gasteiger partial charge in [-0.1, -0.05) is 53.7 Å². The van der Waals surface area contributed by atoms with Crippen molar-refractivity contribution in [2.45, 2.75) is 86.7 Å². The van der Waals surface area contributed by atoms with Crippen LogP contribution in [-0.2, 0) is 9.59 Å². The monoisotopic (exact) mass is 456 g/mol. The number of hydrogen-bond acceptors (Lipinski definition) is 3. The van der Waals surface area contributed by atoms with E-state index in [-0.39, 0.29) is 37.3 Å². The fourth-order valence-corrected chi connectivity index (χ4v) is 4.52. The normalized spacial score (nSPS) is 19.6. The highest BCUT2D eigenvalue weighted by molar-refractivity contribution is 5.98. The van der Waals surface area contributed by atoms with Crippen LogP contribution in [0.4, 0.5) is 5.69 Å². The first-order valence-electron chi connectivity index (χ1n) is 12.1. The van der Waals surface area contributed by atoms with Crippen LogP contribution in [0.15, 0.2) is 35.9 Å². The molecule has 0 N–H and O–H groups in total. The van der Waals surface area contributed by atoms with E-state index in [1.54, 1.807) is 15.4 Å². The van der Waals surface area contributed by atoms with Crippen molar-refractivity contribution < 1.29 is 14.3 Å². The third kappa shape index (κ3) is 8.21. The van der Waals surface area contributed by atoms with Crippen LogP contribution in [-0.4, -0.2) is 42.5 Å². The van der Waals surface area contributed by atoms with E-state index in [1.165, 1.54) is 6.42 Å². The number of nitrogens with zero attached hydrogens (tertiary/aromatic N) is 2. The number of ether oxygens (including phenoxy) is 1. The Morgan fingerprint density at radius 2 is 1.82 bits per heavy atom. The van der Waals surface area contributed by atoms with Gasteiger partial charge in [0.05, 0.1) is 6.10 Å². The molecule has 1 fully saturated rings. The number of benzene rings is 1. The lowest BCUT2D eigenvalue weighted by Crippen LogP contribution is -2.52. The summed E-state index contributed by atoms with van der Waals surface area (Å²) in [7, 11) is 0. The van der Waals surface area contributed by atoms with Gasteiger partial charge in [-0.15, -0.1) is 0 Å². The smallest absolute Gasteiger partial charge is 0.246 e. The number of anilines is 1. The molecule has 184 valence electrons. The molecule has 5 nitrogen and oxygen atoms in total. The van der Waals surface area contributed by atoms with Gasteiger partial charge in [0.2, 0.25) is 11.8 Å². The van der Waals surface area contributed by atoms with Gasteiger partial charge in [0.15, 0.2) is 0 Å². The number of piperazine rings is 1. The Bertz CT molecular complexity index is 821. The topological polar surface area (TPSA) is 49.9 Å². The van der Waals surface area contributed by atoms with E-state index in [9.17, 15) is 9.59 Å². The van der Waals surface area contributed by atoms with Gasteiger partial charge in [0, 0.05) is 25.2 Å². The summed E-state index contributed by atoms with van der Waals surface area (Å²) in [6.45, 7) is 11.9. The summed E-state index contributed by atoms with van der Waals surface area (Å²) in [6, 6.07) is 7.85. The van der Waals surface area contributed by atoms with Crippen LogP contribution in [0.3, 0.4) is 0 Å². The minimum Gasteiger partial charge on any atom is -0.490 e. The molecular weight excluding hydrogens is 412 g/mol. The van der Waals surface area contributed by atoms with Crippen molar-refractivity contribution in [3.8, 4) is 5.75 Å². The molecule has 2 aliphatic rings. The predicted molar refractivity (Wildman–Crippen MR) is 137 cm³/mol. The summed E-state index contributed by atoms with van der Waals surface area (Å²) in [5, 5.41) is 0. The van der Waals surface area contributed by atoms with Crippen molar-refractivity contribution in [3.05, 3.63) is 35.9 Å². The van der Waals surface area contributed by atoms with Gasteiger partial charge >= 0.3 is 0 Å². The standard InChI is InChI=1S/C27H40N2O3.CH4/c1-20(2)17-21-7-6-8-23(12-9-21)32-24-13-10-22(11-14-24)29-16-15-28(19-26(29)31)25(30)18-27(3,4)5;/h7,10-11,13-14,20,23H,6,8-9,12,15-19H2,1-5H3;1H4. The van der Waals surface area contributed by atoms with Crippen LogP contribution in [0, 0.1) is 11.3 Å². The van der Waals surface area contributed by atoms with Crippen molar-refractivity contribution in [2.24, 2.45) is 11.3 Å². The Kier molecular flexibility index (Phi) is 9.57. The molecule has 1 unspecified atom stereocenters. The molecule has 1 aliphatic heterocycles. The number of carbonyl (C=O) groups is 2. The quantitative estimate of drug-likeness (QED) is 0.477. The molecule has 1 heterocycles. The van der Waals surface area contributed by atoms with Crippen LogP contribution in [0.2, 0.25) is 0 Å². The molecule has 5 heteroatoms. The zero-order chi connectivity index (χ0) is 23.3. The maximum absolute atomic E-state index is 12.7. The number of carbonyl (C=O) groups excluding carboxylic acids is 2.